The van der Waals surface area contributed by atoms with Crippen molar-refractivity contribution < 1.29 is 9.69 Å². The van der Waals surface area contributed by atoms with E-state index in [0.717, 1.165) is 41.0 Å². The molecule has 34 heavy (non-hydrogen) atoms. The first-order chi connectivity index (χ1) is 16.6. The van der Waals surface area contributed by atoms with E-state index in [-0.39, 0.29) is 17.1 Å². The summed E-state index contributed by atoms with van der Waals surface area (Å²) in [6.45, 7) is 1.90. The SMILES string of the molecule is C[NH+]1CCc2c(sc3c2c(=O)n(-c2ccccc2)c2nnc(SCC(=O)c4ccccc4)n32)C1. The maximum Gasteiger partial charge on any atom is 0.268 e. The molecule has 0 aliphatic carbocycles. The number of nitrogens with zero attached hydrogens (tertiary/aromatic N) is 4. The van der Waals surface area contributed by atoms with Crippen LogP contribution in [0.1, 0.15) is 20.8 Å². The maximum absolute atomic E-state index is 13.8. The standard InChI is InChI=1S/C25H21N5O2S2/c1-28-13-12-18-20(14-28)34-23-21(18)22(32)29(17-10-6-3-7-11-17)24-26-27-25(30(23)24)33-15-19(31)16-8-4-2-5-9-16/h2-11H,12-15H2,1H3/p+1. The van der Waals surface area contributed by atoms with Crippen LogP contribution in [0.25, 0.3) is 21.7 Å². The number of benzene rings is 2. The number of likely N-dealkylation sites (N-methyl/N-ethyl adjacent to an activating group) is 1. The van der Waals surface area contributed by atoms with Crippen molar-refractivity contribution in [2.24, 2.45) is 0 Å². The molecular formula is C25H22N5O2S2+. The lowest BCUT2D eigenvalue weighted by Crippen LogP contribution is -3.08. The Kier molecular flexibility index (Phi) is 5.32. The fraction of sp³-hybridized carbons (Fsp3) is 0.200. The summed E-state index contributed by atoms with van der Waals surface area (Å²) >= 11 is 3.01. The molecule has 1 unspecified atom stereocenters. The largest absolute Gasteiger partial charge is 0.333 e. The number of thioether (sulfide) groups is 1. The van der Waals surface area contributed by atoms with Crippen LogP contribution >= 0.6 is 23.1 Å². The van der Waals surface area contributed by atoms with Crippen molar-refractivity contribution in [1.29, 1.82) is 0 Å². The van der Waals surface area contributed by atoms with E-state index < -0.39 is 0 Å². The van der Waals surface area contributed by atoms with Crippen LogP contribution in [-0.4, -0.2) is 44.3 Å². The van der Waals surface area contributed by atoms with Gasteiger partial charge in [-0.25, -0.2) is 8.97 Å². The highest BCUT2D eigenvalue weighted by Crippen LogP contribution is 2.33. The molecule has 0 saturated carbocycles. The second kappa shape index (κ2) is 8.50. The number of carbonyl (C=O) groups excluding carboxylic acids is 1. The van der Waals surface area contributed by atoms with E-state index in [0.29, 0.717) is 16.5 Å². The molecule has 3 aromatic heterocycles. The fourth-order valence-electron chi connectivity index (χ4n) is 4.51. The average Bonchev–Trinajstić information content (AvgIpc) is 3.45. The zero-order chi connectivity index (χ0) is 23.2. The molecule has 9 heteroatoms. The number of carbonyl (C=O) groups is 1. The fourth-order valence-corrected chi connectivity index (χ4v) is 6.85. The Balaban J connectivity index is 1.54. The Morgan fingerprint density at radius 1 is 1.09 bits per heavy atom. The molecule has 0 bridgehead atoms. The molecule has 170 valence electrons. The normalized spacial score (nSPS) is 15.6. The monoisotopic (exact) mass is 488 g/mol. The summed E-state index contributed by atoms with van der Waals surface area (Å²) < 4.78 is 3.61. The summed E-state index contributed by atoms with van der Waals surface area (Å²) in [5.74, 6) is 0.748. The number of thiophene rings is 1. The quantitative estimate of drug-likeness (QED) is 0.304. The first-order valence-corrected chi connectivity index (χ1v) is 12.9. The lowest BCUT2D eigenvalue weighted by molar-refractivity contribution is -0.895. The van der Waals surface area contributed by atoms with Crippen LogP contribution in [0.5, 0.6) is 0 Å². The van der Waals surface area contributed by atoms with Gasteiger partial charge in [0.25, 0.3) is 5.56 Å². The predicted molar refractivity (Wildman–Crippen MR) is 135 cm³/mol. The van der Waals surface area contributed by atoms with Gasteiger partial charge in [0, 0.05) is 12.0 Å². The van der Waals surface area contributed by atoms with Gasteiger partial charge >= 0.3 is 0 Å². The summed E-state index contributed by atoms with van der Waals surface area (Å²) in [6, 6.07) is 18.8. The molecule has 6 rings (SSSR count). The van der Waals surface area contributed by atoms with E-state index >= 15 is 0 Å². The summed E-state index contributed by atoms with van der Waals surface area (Å²) in [5, 5.41) is 10.2. The van der Waals surface area contributed by atoms with Crippen LogP contribution in [0.15, 0.2) is 70.6 Å². The van der Waals surface area contributed by atoms with Gasteiger partial charge in [-0.15, -0.1) is 21.5 Å². The third-order valence-electron chi connectivity index (χ3n) is 6.22. The first kappa shape index (κ1) is 21.3. The van der Waals surface area contributed by atoms with E-state index in [4.69, 9.17) is 0 Å². The van der Waals surface area contributed by atoms with E-state index in [2.05, 4.69) is 17.2 Å². The lowest BCUT2D eigenvalue weighted by Gasteiger charge is -2.19. The first-order valence-electron chi connectivity index (χ1n) is 11.1. The molecule has 1 atom stereocenters. The van der Waals surface area contributed by atoms with Crippen LogP contribution in [0.3, 0.4) is 0 Å². The minimum absolute atomic E-state index is 0.0330. The van der Waals surface area contributed by atoms with Crippen LogP contribution < -0.4 is 10.5 Å². The summed E-state index contributed by atoms with van der Waals surface area (Å²) in [7, 11) is 2.18. The molecule has 0 spiro atoms. The van der Waals surface area contributed by atoms with Crippen molar-refractivity contribution in [1.82, 2.24) is 19.2 Å². The van der Waals surface area contributed by atoms with Crippen molar-refractivity contribution in [3.05, 3.63) is 87.0 Å². The molecule has 1 N–H and O–H groups in total. The van der Waals surface area contributed by atoms with Gasteiger partial charge in [0.2, 0.25) is 5.78 Å². The van der Waals surface area contributed by atoms with Crippen molar-refractivity contribution in [3.63, 3.8) is 0 Å². The Hall–Kier alpha value is -3.27. The molecular weight excluding hydrogens is 466 g/mol. The molecule has 5 aromatic rings. The third kappa shape index (κ3) is 3.48. The Bertz CT molecular complexity index is 1590. The molecule has 0 amide bonds. The topological polar surface area (TPSA) is 73.7 Å². The molecule has 4 heterocycles. The molecule has 7 nitrogen and oxygen atoms in total. The van der Waals surface area contributed by atoms with Crippen LogP contribution in [-0.2, 0) is 13.0 Å². The minimum atomic E-state index is -0.0601. The van der Waals surface area contributed by atoms with Gasteiger partial charge in [0.15, 0.2) is 10.9 Å². The molecule has 1 aliphatic heterocycles. The third-order valence-corrected chi connectivity index (χ3v) is 8.36. The van der Waals surface area contributed by atoms with Gasteiger partial charge in [-0.3, -0.25) is 9.59 Å². The number of hydrogen-bond acceptors (Lipinski definition) is 6. The Morgan fingerprint density at radius 3 is 2.59 bits per heavy atom. The molecule has 0 radical (unpaired) electrons. The maximum atomic E-state index is 13.8. The number of hydrogen-bond donors (Lipinski definition) is 1. The number of nitrogens with one attached hydrogen (secondary N) is 1. The molecule has 0 saturated heterocycles. The highest BCUT2D eigenvalue weighted by Gasteiger charge is 2.28. The van der Waals surface area contributed by atoms with E-state index in [9.17, 15) is 9.59 Å². The van der Waals surface area contributed by atoms with E-state index in [1.54, 1.807) is 15.9 Å². The van der Waals surface area contributed by atoms with Crippen molar-refractivity contribution >= 4 is 44.9 Å². The van der Waals surface area contributed by atoms with Crippen LogP contribution in [0, 0.1) is 0 Å². The number of fused-ring (bicyclic) bond motifs is 5. The van der Waals surface area contributed by atoms with Crippen LogP contribution in [0.2, 0.25) is 0 Å². The van der Waals surface area contributed by atoms with Crippen LogP contribution in [0.4, 0.5) is 0 Å². The molecule has 0 fully saturated rings. The van der Waals surface area contributed by atoms with Gasteiger partial charge < -0.3 is 4.90 Å². The second-order valence-corrected chi connectivity index (χ2v) is 10.5. The average molecular weight is 489 g/mol. The van der Waals surface area contributed by atoms with Crippen molar-refractivity contribution in [2.75, 3.05) is 19.3 Å². The number of Topliss-reactive ketones (excluding diaryl/α,β-unsaturated/α-hetero) is 1. The van der Waals surface area contributed by atoms with Crippen molar-refractivity contribution in [3.8, 4) is 5.69 Å². The summed E-state index contributed by atoms with van der Waals surface area (Å²) in [5.41, 5.74) is 2.51. The Labute approximate surface area is 203 Å². The van der Waals surface area contributed by atoms with Gasteiger partial charge in [0.1, 0.15) is 11.4 Å². The highest BCUT2D eigenvalue weighted by molar-refractivity contribution is 7.99. The van der Waals surface area contributed by atoms with E-state index in [1.165, 1.54) is 21.5 Å². The zero-order valence-corrected chi connectivity index (χ0v) is 20.2. The van der Waals surface area contributed by atoms with Crippen molar-refractivity contribution in [2.45, 2.75) is 18.1 Å². The minimum Gasteiger partial charge on any atom is -0.333 e. The highest BCUT2D eigenvalue weighted by atomic mass is 32.2. The van der Waals surface area contributed by atoms with Gasteiger partial charge in [0.05, 0.1) is 35.3 Å². The smallest absolute Gasteiger partial charge is 0.268 e. The predicted octanol–water partition coefficient (Wildman–Crippen LogP) is 2.64. The number of aromatic nitrogens is 4. The molecule has 2 aromatic carbocycles. The Morgan fingerprint density at radius 2 is 1.82 bits per heavy atom. The number of ketones is 1. The van der Waals surface area contributed by atoms with Gasteiger partial charge in [-0.2, -0.15) is 0 Å². The zero-order valence-electron chi connectivity index (χ0n) is 18.5. The summed E-state index contributed by atoms with van der Waals surface area (Å²) in [6.07, 6.45) is 0.869. The lowest BCUT2D eigenvalue weighted by atomic mass is 10.1. The number of quaternary nitrogens is 1. The second-order valence-electron chi connectivity index (χ2n) is 8.49. The van der Waals surface area contributed by atoms with Gasteiger partial charge in [-0.05, 0) is 17.7 Å². The number of rotatable bonds is 5. The summed E-state index contributed by atoms with van der Waals surface area (Å²) in [4.78, 5) is 30.1. The molecule has 1 aliphatic rings. The number of para-hydroxylation sites is 1. The van der Waals surface area contributed by atoms with E-state index in [1.807, 2.05) is 65.1 Å². The van der Waals surface area contributed by atoms with Gasteiger partial charge in [-0.1, -0.05) is 60.3 Å².